The molecule has 0 amide bonds. The highest BCUT2D eigenvalue weighted by atomic mass is 15.1. The Balaban J connectivity index is 2.15. The van der Waals surface area contributed by atoms with Crippen LogP contribution in [-0.4, -0.2) is 0 Å². The van der Waals surface area contributed by atoms with Gasteiger partial charge in [-0.05, 0) is 30.2 Å². The molecule has 0 atom stereocenters. The molecule has 0 heterocycles. The molecule has 3 heteroatoms. The maximum absolute atomic E-state index is 8.50. The van der Waals surface area contributed by atoms with Gasteiger partial charge in [-0.25, -0.2) is 0 Å². The highest BCUT2D eigenvalue weighted by Crippen LogP contribution is 2.18. The van der Waals surface area contributed by atoms with Gasteiger partial charge < -0.3 is 0 Å². The first-order valence-electron chi connectivity index (χ1n) is 5.98. The number of azide groups is 1. The molecular weight excluding hydrogens is 234 g/mol. The van der Waals surface area contributed by atoms with Crippen LogP contribution in [0.1, 0.15) is 16.7 Å². The van der Waals surface area contributed by atoms with E-state index < -0.39 is 0 Å². The van der Waals surface area contributed by atoms with Gasteiger partial charge in [-0.2, -0.15) is 0 Å². The predicted molar refractivity (Wildman–Crippen MR) is 77.0 cm³/mol. The fourth-order valence-electron chi connectivity index (χ4n) is 1.68. The largest absolute Gasteiger partial charge is 0.0931 e. The molecule has 0 unspecified atom stereocenters. The fourth-order valence-corrected chi connectivity index (χ4v) is 1.68. The third kappa shape index (κ3) is 3.64. The maximum Gasteiger partial charge on any atom is 0.0417 e. The first kappa shape index (κ1) is 12.8. The van der Waals surface area contributed by atoms with Crippen LogP contribution in [-0.2, 0) is 6.42 Å². The lowest BCUT2D eigenvalue weighted by atomic mass is 10.1. The third-order valence-electron chi connectivity index (χ3n) is 2.71. The van der Waals surface area contributed by atoms with E-state index in [2.05, 4.69) is 21.9 Å². The summed E-state index contributed by atoms with van der Waals surface area (Å²) in [5, 5.41) is 3.66. The van der Waals surface area contributed by atoms with Crippen LogP contribution in [0.2, 0.25) is 0 Å². The molecule has 2 aromatic rings. The van der Waals surface area contributed by atoms with Crippen molar-refractivity contribution in [3.63, 3.8) is 0 Å². The quantitative estimate of drug-likeness (QED) is 0.324. The molecule has 2 aromatic carbocycles. The van der Waals surface area contributed by atoms with Gasteiger partial charge in [-0.1, -0.05) is 58.9 Å². The van der Waals surface area contributed by atoms with E-state index in [1.54, 1.807) is 6.07 Å². The first-order chi connectivity index (χ1) is 9.29. The van der Waals surface area contributed by atoms with E-state index in [4.69, 9.17) is 5.53 Å². The third-order valence-corrected chi connectivity index (χ3v) is 2.71. The second-order valence-electron chi connectivity index (χ2n) is 4.16. The fraction of sp³-hybridized carbons (Fsp3) is 0.125. The number of nitrogens with zero attached hydrogens (tertiary/aromatic N) is 3. The van der Waals surface area contributed by atoms with E-state index in [0.717, 1.165) is 11.1 Å². The molecule has 92 valence electrons. The van der Waals surface area contributed by atoms with Crippen molar-refractivity contribution in [1.82, 2.24) is 0 Å². The summed E-state index contributed by atoms with van der Waals surface area (Å²) in [7, 11) is 0. The Morgan fingerprint density at radius 3 is 2.58 bits per heavy atom. The Labute approximate surface area is 112 Å². The van der Waals surface area contributed by atoms with Crippen LogP contribution in [0.15, 0.2) is 53.6 Å². The molecule has 0 spiro atoms. The monoisotopic (exact) mass is 247 g/mol. The van der Waals surface area contributed by atoms with Crippen molar-refractivity contribution in [3.8, 4) is 11.8 Å². The summed E-state index contributed by atoms with van der Waals surface area (Å²) in [6.45, 7) is 2.05. The smallest absolute Gasteiger partial charge is 0.0417 e. The van der Waals surface area contributed by atoms with Gasteiger partial charge in [0.1, 0.15) is 0 Å². The van der Waals surface area contributed by atoms with Crippen LogP contribution >= 0.6 is 0 Å². The second kappa shape index (κ2) is 6.30. The predicted octanol–water partition coefficient (Wildman–Crippen LogP) is 4.53. The normalized spacial score (nSPS) is 9.11. The number of aryl methyl sites for hydroxylation is 1. The van der Waals surface area contributed by atoms with Crippen LogP contribution in [0.5, 0.6) is 0 Å². The molecule has 0 saturated heterocycles. The van der Waals surface area contributed by atoms with Crippen molar-refractivity contribution in [2.24, 2.45) is 5.11 Å². The minimum absolute atomic E-state index is 0.572. The zero-order chi connectivity index (χ0) is 13.5. The Kier molecular flexibility index (Phi) is 4.23. The van der Waals surface area contributed by atoms with Gasteiger partial charge in [-0.3, -0.25) is 0 Å². The van der Waals surface area contributed by atoms with E-state index in [1.165, 1.54) is 5.56 Å². The van der Waals surface area contributed by atoms with Gasteiger partial charge in [0.2, 0.25) is 0 Å². The van der Waals surface area contributed by atoms with Gasteiger partial charge in [-0.15, -0.1) is 0 Å². The van der Waals surface area contributed by atoms with Crippen LogP contribution in [0.25, 0.3) is 10.4 Å². The molecule has 0 aliphatic heterocycles. The average Bonchev–Trinajstić information content (AvgIpc) is 2.43. The Hall–Kier alpha value is -2.69. The van der Waals surface area contributed by atoms with E-state index in [-0.39, 0.29) is 0 Å². The number of rotatable bonds is 2. The summed E-state index contributed by atoms with van der Waals surface area (Å²) in [5.74, 6) is 6.21. The SMILES string of the molecule is Cc1ccc(C#CCc2ccccc2N=[N+]=[N-])cc1. The zero-order valence-corrected chi connectivity index (χ0v) is 10.7. The van der Waals surface area contributed by atoms with E-state index in [1.807, 2.05) is 49.4 Å². The highest BCUT2D eigenvalue weighted by Gasteiger charge is 1.96. The van der Waals surface area contributed by atoms with E-state index in [0.29, 0.717) is 12.1 Å². The summed E-state index contributed by atoms with van der Waals surface area (Å²) < 4.78 is 0. The number of hydrogen-bond acceptors (Lipinski definition) is 1. The molecule has 0 saturated carbocycles. The Morgan fingerprint density at radius 2 is 1.84 bits per heavy atom. The molecule has 0 aromatic heterocycles. The van der Waals surface area contributed by atoms with Crippen molar-refractivity contribution in [3.05, 3.63) is 75.7 Å². The summed E-state index contributed by atoms with van der Waals surface area (Å²) in [5.41, 5.74) is 12.3. The average molecular weight is 247 g/mol. The zero-order valence-electron chi connectivity index (χ0n) is 10.7. The highest BCUT2D eigenvalue weighted by molar-refractivity contribution is 5.48. The molecule has 3 nitrogen and oxygen atoms in total. The molecule has 19 heavy (non-hydrogen) atoms. The summed E-state index contributed by atoms with van der Waals surface area (Å²) in [4.78, 5) is 2.82. The van der Waals surface area contributed by atoms with Gasteiger partial charge in [0, 0.05) is 22.6 Å². The minimum atomic E-state index is 0.572. The van der Waals surface area contributed by atoms with E-state index in [9.17, 15) is 0 Å². The van der Waals surface area contributed by atoms with E-state index >= 15 is 0 Å². The topological polar surface area (TPSA) is 48.8 Å². The van der Waals surface area contributed by atoms with Crippen LogP contribution in [0, 0.1) is 18.8 Å². The van der Waals surface area contributed by atoms with Gasteiger partial charge in [0.25, 0.3) is 0 Å². The van der Waals surface area contributed by atoms with Crippen molar-refractivity contribution >= 4 is 5.69 Å². The molecule has 0 aliphatic rings. The maximum atomic E-state index is 8.50. The van der Waals surface area contributed by atoms with Crippen LogP contribution < -0.4 is 0 Å². The lowest BCUT2D eigenvalue weighted by Gasteiger charge is -1.99. The number of hydrogen-bond donors (Lipinski definition) is 0. The summed E-state index contributed by atoms with van der Waals surface area (Å²) >= 11 is 0. The summed E-state index contributed by atoms with van der Waals surface area (Å²) in [6, 6.07) is 15.6. The van der Waals surface area contributed by atoms with Crippen molar-refractivity contribution in [1.29, 1.82) is 0 Å². The Morgan fingerprint density at radius 1 is 1.11 bits per heavy atom. The molecular formula is C16H13N3. The number of benzene rings is 2. The molecule has 2 rings (SSSR count). The van der Waals surface area contributed by atoms with Gasteiger partial charge in [0.05, 0.1) is 0 Å². The molecule has 0 aliphatic carbocycles. The molecule has 0 N–H and O–H groups in total. The minimum Gasteiger partial charge on any atom is -0.0931 e. The molecule has 0 bridgehead atoms. The lowest BCUT2D eigenvalue weighted by Crippen LogP contribution is -1.82. The van der Waals surface area contributed by atoms with Crippen molar-refractivity contribution in [2.75, 3.05) is 0 Å². The van der Waals surface area contributed by atoms with Gasteiger partial charge >= 0.3 is 0 Å². The van der Waals surface area contributed by atoms with Crippen molar-refractivity contribution in [2.45, 2.75) is 13.3 Å². The first-order valence-corrected chi connectivity index (χ1v) is 5.98. The van der Waals surface area contributed by atoms with Gasteiger partial charge in [0.15, 0.2) is 0 Å². The Bertz CT molecular complexity index is 669. The van der Waals surface area contributed by atoms with Crippen molar-refractivity contribution < 1.29 is 0 Å². The molecule has 0 fully saturated rings. The van der Waals surface area contributed by atoms with Crippen LogP contribution in [0.4, 0.5) is 5.69 Å². The summed E-state index contributed by atoms with van der Waals surface area (Å²) in [6.07, 6.45) is 0.572. The second-order valence-corrected chi connectivity index (χ2v) is 4.16. The standard InChI is InChI=1S/C16H13N3/c1-13-9-11-14(12-10-13)5-4-7-15-6-2-3-8-16(15)18-19-17/h2-3,6,8-12H,7H2,1H3. The lowest BCUT2D eigenvalue weighted by molar-refractivity contribution is 1.28. The molecule has 0 radical (unpaired) electrons. The van der Waals surface area contributed by atoms with Crippen LogP contribution in [0.3, 0.4) is 0 Å².